The van der Waals surface area contributed by atoms with Crippen LogP contribution in [0.5, 0.6) is 0 Å². The molecule has 0 aliphatic carbocycles. The van der Waals surface area contributed by atoms with Crippen molar-refractivity contribution >= 4 is 16.7 Å². The lowest BCUT2D eigenvalue weighted by atomic mass is 10.0. The summed E-state index contributed by atoms with van der Waals surface area (Å²) in [5, 5.41) is 3.69. The van der Waals surface area contributed by atoms with Crippen molar-refractivity contribution in [1.29, 1.82) is 0 Å². The van der Waals surface area contributed by atoms with E-state index in [1.807, 2.05) is 0 Å². The number of anilines is 1. The summed E-state index contributed by atoms with van der Waals surface area (Å²) >= 11 is 0. The van der Waals surface area contributed by atoms with E-state index in [9.17, 15) is 0 Å². The predicted octanol–water partition coefficient (Wildman–Crippen LogP) is 4.21. The number of hydrogen-bond acceptors (Lipinski definition) is 5. The Bertz CT molecular complexity index is 934. The summed E-state index contributed by atoms with van der Waals surface area (Å²) in [6.07, 6.45) is 5.96. The molecule has 1 N–H and O–H groups in total. The van der Waals surface area contributed by atoms with Gasteiger partial charge < -0.3 is 10.2 Å². The van der Waals surface area contributed by atoms with Crippen molar-refractivity contribution in [1.82, 2.24) is 20.3 Å². The smallest absolute Gasteiger partial charge is 0.0890 e. The van der Waals surface area contributed by atoms with Gasteiger partial charge in [0.15, 0.2) is 0 Å². The Morgan fingerprint density at radius 3 is 2.61 bits per heavy atom. The predicted molar refractivity (Wildman–Crippen MR) is 115 cm³/mol. The summed E-state index contributed by atoms with van der Waals surface area (Å²) in [5.74, 6) is 0.746. The van der Waals surface area contributed by atoms with E-state index < -0.39 is 0 Å². The van der Waals surface area contributed by atoms with Crippen LogP contribution in [0.1, 0.15) is 42.8 Å². The van der Waals surface area contributed by atoms with E-state index in [0.29, 0.717) is 6.04 Å². The second-order valence-electron chi connectivity index (χ2n) is 7.98. The molecule has 0 saturated carbocycles. The van der Waals surface area contributed by atoms with Gasteiger partial charge in [-0.1, -0.05) is 6.07 Å². The van der Waals surface area contributed by atoms with E-state index in [2.05, 4.69) is 76.3 Å². The Kier molecular flexibility index (Phi) is 5.53. The zero-order chi connectivity index (χ0) is 19.5. The maximum Gasteiger partial charge on any atom is 0.0890 e. The molecule has 1 aliphatic heterocycles. The second kappa shape index (κ2) is 8.23. The van der Waals surface area contributed by atoms with E-state index in [-0.39, 0.29) is 0 Å². The Morgan fingerprint density at radius 1 is 1.07 bits per heavy atom. The van der Waals surface area contributed by atoms with E-state index in [0.717, 1.165) is 48.0 Å². The zero-order valence-electron chi connectivity index (χ0n) is 17.0. The van der Waals surface area contributed by atoms with Gasteiger partial charge in [0.1, 0.15) is 0 Å². The van der Waals surface area contributed by atoms with Crippen LogP contribution in [0.4, 0.5) is 5.69 Å². The maximum atomic E-state index is 4.50. The Balaban J connectivity index is 1.29. The van der Waals surface area contributed by atoms with Crippen LogP contribution >= 0.6 is 0 Å². The van der Waals surface area contributed by atoms with Crippen molar-refractivity contribution in [2.24, 2.45) is 5.92 Å². The fourth-order valence-corrected chi connectivity index (χ4v) is 4.17. The lowest BCUT2D eigenvalue weighted by Crippen LogP contribution is -2.24. The summed E-state index contributed by atoms with van der Waals surface area (Å²) in [5.41, 5.74) is 6.71. The standard InChI is InChI=1S/C23H29N5/c1-16-12-21(13-17(2)27-16)28-11-7-19(15-28)6-8-24-18(3)20-4-5-22-23(14-20)26-10-9-25-22/h4-5,9-10,12-14,18-19,24H,6-8,11,15H2,1-3H3. The van der Waals surface area contributed by atoms with Gasteiger partial charge in [-0.3, -0.25) is 15.0 Å². The summed E-state index contributed by atoms with van der Waals surface area (Å²) in [4.78, 5) is 15.8. The highest BCUT2D eigenvalue weighted by atomic mass is 15.2. The van der Waals surface area contributed by atoms with Crippen LogP contribution in [-0.4, -0.2) is 34.6 Å². The summed E-state index contributed by atoms with van der Waals surface area (Å²) in [6, 6.07) is 11.1. The van der Waals surface area contributed by atoms with Crippen LogP contribution < -0.4 is 10.2 Å². The van der Waals surface area contributed by atoms with Crippen molar-refractivity contribution in [2.75, 3.05) is 24.5 Å². The molecule has 28 heavy (non-hydrogen) atoms. The van der Waals surface area contributed by atoms with Crippen LogP contribution in [0, 0.1) is 19.8 Å². The molecule has 2 atom stereocenters. The quantitative estimate of drug-likeness (QED) is 0.699. The third kappa shape index (κ3) is 4.30. The van der Waals surface area contributed by atoms with Gasteiger partial charge in [-0.15, -0.1) is 0 Å². The SMILES string of the molecule is Cc1cc(N2CCC(CCNC(C)c3ccc4nccnc4c3)C2)cc(C)n1. The molecule has 3 aromatic rings. The van der Waals surface area contributed by atoms with Crippen molar-refractivity contribution in [2.45, 2.75) is 39.7 Å². The number of aryl methyl sites for hydroxylation is 2. The van der Waals surface area contributed by atoms with Gasteiger partial charge in [0, 0.05) is 48.6 Å². The number of rotatable bonds is 6. The van der Waals surface area contributed by atoms with Crippen LogP contribution in [0.25, 0.3) is 11.0 Å². The van der Waals surface area contributed by atoms with Crippen LogP contribution in [0.3, 0.4) is 0 Å². The largest absolute Gasteiger partial charge is 0.371 e. The summed E-state index contributed by atoms with van der Waals surface area (Å²) in [6.45, 7) is 9.70. The van der Waals surface area contributed by atoms with Crippen molar-refractivity contribution < 1.29 is 0 Å². The number of aromatic nitrogens is 3. The van der Waals surface area contributed by atoms with Gasteiger partial charge in [0.05, 0.1) is 11.0 Å². The fourth-order valence-electron chi connectivity index (χ4n) is 4.17. The van der Waals surface area contributed by atoms with Gasteiger partial charge in [-0.25, -0.2) is 0 Å². The van der Waals surface area contributed by atoms with Crippen LogP contribution in [0.15, 0.2) is 42.7 Å². The molecule has 2 unspecified atom stereocenters. The first-order valence-electron chi connectivity index (χ1n) is 10.2. The van der Waals surface area contributed by atoms with Gasteiger partial charge in [0.25, 0.3) is 0 Å². The first-order chi connectivity index (χ1) is 13.6. The lowest BCUT2D eigenvalue weighted by molar-refractivity contribution is 0.475. The second-order valence-corrected chi connectivity index (χ2v) is 7.98. The third-order valence-corrected chi connectivity index (χ3v) is 5.71. The minimum absolute atomic E-state index is 0.314. The Hall–Kier alpha value is -2.53. The molecule has 1 aromatic carbocycles. The molecule has 146 valence electrons. The molecular formula is C23H29N5. The molecule has 1 fully saturated rings. The highest BCUT2D eigenvalue weighted by Gasteiger charge is 2.23. The molecule has 0 bridgehead atoms. The molecule has 3 heterocycles. The average Bonchev–Trinajstić information content (AvgIpc) is 3.16. The van der Waals surface area contributed by atoms with Crippen LogP contribution in [0.2, 0.25) is 0 Å². The molecule has 0 radical (unpaired) electrons. The number of nitrogens with zero attached hydrogens (tertiary/aromatic N) is 4. The molecule has 1 saturated heterocycles. The lowest BCUT2D eigenvalue weighted by Gasteiger charge is -2.20. The number of nitrogens with one attached hydrogen (secondary N) is 1. The fraction of sp³-hybridized carbons (Fsp3) is 0.435. The molecule has 5 nitrogen and oxygen atoms in total. The monoisotopic (exact) mass is 375 g/mol. The average molecular weight is 376 g/mol. The van der Waals surface area contributed by atoms with Gasteiger partial charge in [-0.2, -0.15) is 0 Å². The van der Waals surface area contributed by atoms with E-state index >= 15 is 0 Å². The molecule has 0 amide bonds. The molecule has 4 rings (SSSR count). The van der Waals surface area contributed by atoms with Crippen molar-refractivity contribution in [3.8, 4) is 0 Å². The number of hydrogen-bond donors (Lipinski definition) is 1. The van der Waals surface area contributed by atoms with Gasteiger partial charge in [-0.05, 0) is 75.9 Å². The summed E-state index contributed by atoms with van der Waals surface area (Å²) in [7, 11) is 0. The first-order valence-corrected chi connectivity index (χ1v) is 10.2. The Morgan fingerprint density at radius 2 is 1.82 bits per heavy atom. The normalized spacial score (nSPS) is 18.0. The van der Waals surface area contributed by atoms with Crippen molar-refractivity contribution in [3.63, 3.8) is 0 Å². The third-order valence-electron chi connectivity index (χ3n) is 5.71. The summed E-state index contributed by atoms with van der Waals surface area (Å²) < 4.78 is 0. The van der Waals surface area contributed by atoms with E-state index in [1.165, 1.54) is 24.1 Å². The van der Waals surface area contributed by atoms with Crippen molar-refractivity contribution in [3.05, 3.63) is 59.7 Å². The number of fused-ring (bicyclic) bond motifs is 1. The minimum Gasteiger partial charge on any atom is -0.371 e. The van der Waals surface area contributed by atoms with Crippen LogP contribution in [-0.2, 0) is 0 Å². The topological polar surface area (TPSA) is 53.9 Å². The molecule has 0 spiro atoms. The molecule has 1 aliphatic rings. The maximum absolute atomic E-state index is 4.50. The van der Waals surface area contributed by atoms with E-state index in [1.54, 1.807) is 12.4 Å². The Labute approximate surface area is 167 Å². The highest BCUT2D eigenvalue weighted by Crippen LogP contribution is 2.26. The zero-order valence-corrected chi connectivity index (χ0v) is 17.0. The first kappa shape index (κ1) is 18.8. The number of benzene rings is 1. The molecular weight excluding hydrogens is 346 g/mol. The van der Waals surface area contributed by atoms with E-state index in [4.69, 9.17) is 0 Å². The minimum atomic E-state index is 0.314. The molecule has 5 heteroatoms. The highest BCUT2D eigenvalue weighted by molar-refractivity contribution is 5.74. The van der Waals surface area contributed by atoms with Gasteiger partial charge >= 0.3 is 0 Å². The molecule has 2 aromatic heterocycles. The number of pyridine rings is 1. The van der Waals surface area contributed by atoms with Gasteiger partial charge in [0.2, 0.25) is 0 Å².